The monoisotopic (exact) mass is 404 g/mol. The highest BCUT2D eigenvalue weighted by Gasteiger charge is 2.11. The fraction of sp³-hybridized carbons (Fsp3) is 0.235. The lowest BCUT2D eigenvalue weighted by Crippen LogP contribution is -2.02. The molecule has 0 atom stereocenters. The number of hydrogen-bond acceptors (Lipinski definition) is 6. The number of aromatic nitrogens is 2. The summed E-state index contributed by atoms with van der Waals surface area (Å²) in [6.07, 6.45) is 1.56. The van der Waals surface area contributed by atoms with Crippen LogP contribution in [-0.4, -0.2) is 22.8 Å². The van der Waals surface area contributed by atoms with Gasteiger partial charge in [-0.3, -0.25) is 5.43 Å². The number of aryl methyl sites for hydroxylation is 2. The van der Waals surface area contributed by atoms with Gasteiger partial charge in [0.25, 0.3) is 0 Å². The topological polar surface area (TPSA) is 59.4 Å². The van der Waals surface area contributed by atoms with Gasteiger partial charge in [-0.1, -0.05) is 0 Å². The summed E-state index contributed by atoms with van der Waals surface area (Å²) in [7, 11) is 1.65. The zero-order chi connectivity index (χ0) is 17.3. The van der Waals surface area contributed by atoms with Crippen molar-refractivity contribution in [3.8, 4) is 5.75 Å². The molecule has 5 nitrogen and oxygen atoms in total. The standard InChI is InChI=1S/C17H17BrN4OS/c1-9-11(3)24-17-15(9)16(19-8-20-17)22-21-10(2)12-5-6-14(23-4)13(18)7-12/h5-8H,1-4H3,(H,19,20,22)/b21-10-. The second kappa shape index (κ2) is 6.86. The molecule has 2 heterocycles. The lowest BCUT2D eigenvalue weighted by molar-refractivity contribution is 0.412. The maximum absolute atomic E-state index is 5.25. The van der Waals surface area contributed by atoms with Crippen molar-refractivity contribution in [2.24, 2.45) is 5.10 Å². The Morgan fingerprint density at radius 1 is 1.29 bits per heavy atom. The van der Waals surface area contributed by atoms with Crippen molar-refractivity contribution in [3.63, 3.8) is 0 Å². The SMILES string of the molecule is COc1ccc(/C(C)=N\Nc2ncnc3sc(C)c(C)c23)cc1Br. The van der Waals surface area contributed by atoms with E-state index >= 15 is 0 Å². The van der Waals surface area contributed by atoms with Crippen LogP contribution in [0.1, 0.15) is 22.9 Å². The molecule has 0 aliphatic carbocycles. The molecule has 3 rings (SSSR count). The number of fused-ring (bicyclic) bond motifs is 1. The number of benzene rings is 1. The first kappa shape index (κ1) is 16.9. The van der Waals surface area contributed by atoms with Crippen molar-refractivity contribution in [1.82, 2.24) is 9.97 Å². The fourth-order valence-electron chi connectivity index (χ4n) is 2.36. The molecular weight excluding hydrogens is 388 g/mol. The molecule has 0 saturated carbocycles. The minimum atomic E-state index is 0.730. The van der Waals surface area contributed by atoms with E-state index in [1.807, 2.05) is 25.1 Å². The number of methoxy groups -OCH3 is 1. The highest BCUT2D eigenvalue weighted by atomic mass is 79.9. The molecule has 7 heteroatoms. The quantitative estimate of drug-likeness (QED) is 0.495. The van der Waals surface area contributed by atoms with Crippen LogP contribution in [0.25, 0.3) is 10.2 Å². The molecule has 0 spiro atoms. The Balaban J connectivity index is 1.92. The molecule has 0 radical (unpaired) electrons. The van der Waals surface area contributed by atoms with E-state index in [4.69, 9.17) is 4.74 Å². The molecule has 0 fully saturated rings. The molecule has 0 saturated heterocycles. The largest absolute Gasteiger partial charge is 0.496 e. The number of halogens is 1. The Labute approximate surface area is 152 Å². The van der Waals surface area contributed by atoms with E-state index in [0.29, 0.717) is 0 Å². The second-order valence-corrected chi connectivity index (χ2v) is 7.40. The first-order valence-electron chi connectivity index (χ1n) is 7.36. The molecule has 0 bridgehead atoms. The van der Waals surface area contributed by atoms with Gasteiger partial charge in [-0.25, -0.2) is 9.97 Å². The lowest BCUT2D eigenvalue weighted by atomic mass is 10.1. The minimum Gasteiger partial charge on any atom is -0.496 e. The molecule has 124 valence electrons. The maximum Gasteiger partial charge on any atom is 0.158 e. The molecule has 2 aromatic heterocycles. The van der Waals surface area contributed by atoms with Gasteiger partial charge < -0.3 is 4.74 Å². The van der Waals surface area contributed by atoms with Crippen LogP contribution in [0.3, 0.4) is 0 Å². The van der Waals surface area contributed by atoms with Gasteiger partial charge in [0.05, 0.1) is 22.7 Å². The fourth-order valence-corrected chi connectivity index (χ4v) is 3.90. The Morgan fingerprint density at radius 3 is 2.79 bits per heavy atom. The van der Waals surface area contributed by atoms with E-state index in [1.165, 1.54) is 10.4 Å². The van der Waals surface area contributed by atoms with Gasteiger partial charge in [-0.05, 0) is 66.0 Å². The van der Waals surface area contributed by atoms with Crippen molar-refractivity contribution in [2.45, 2.75) is 20.8 Å². The minimum absolute atomic E-state index is 0.730. The smallest absolute Gasteiger partial charge is 0.158 e. The summed E-state index contributed by atoms with van der Waals surface area (Å²) in [5.41, 5.74) is 6.13. The summed E-state index contributed by atoms with van der Waals surface area (Å²) in [4.78, 5) is 10.9. The van der Waals surface area contributed by atoms with Crippen molar-refractivity contribution in [1.29, 1.82) is 0 Å². The van der Waals surface area contributed by atoms with Crippen LogP contribution in [0.15, 0.2) is 34.1 Å². The van der Waals surface area contributed by atoms with E-state index in [2.05, 4.69) is 50.3 Å². The summed E-state index contributed by atoms with van der Waals surface area (Å²) in [6, 6.07) is 5.86. The van der Waals surface area contributed by atoms with Crippen LogP contribution in [0.2, 0.25) is 0 Å². The highest BCUT2D eigenvalue weighted by molar-refractivity contribution is 9.10. The molecular formula is C17H17BrN4OS. The van der Waals surface area contributed by atoms with Gasteiger partial charge >= 0.3 is 0 Å². The predicted octanol–water partition coefficient (Wildman–Crippen LogP) is 4.92. The number of hydrazone groups is 1. The van der Waals surface area contributed by atoms with Gasteiger partial charge in [-0.2, -0.15) is 5.10 Å². The van der Waals surface area contributed by atoms with Gasteiger partial charge in [0.1, 0.15) is 16.9 Å². The molecule has 0 aliphatic rings. The number of hydrogen-bond donors (Lipinski definition) is 1. The number of nitrogens with zero attached hydrogens (tertiary/aromatic N) is 3. The molecule has 1 aromatic carbocycles. The van der Waals surface area contributed by atoms with Crippen molar-refractivity contribution in [2.75, 3.05) is 12.5 Å². The number of ether oxygens (including phenoxy) is 1. The highest BCUT2D eigenvalue weighted by Crippen LogP contribution is 2.32. The molecule has 0 aliphatic heterocycles. The normalized spacial score (nSPS) is 11.8. The van der Waals surface area contributed by atoms with Gasteiger partial charge in [0, 0.05) is 4.88 Å². The van der Waals surface area contributed by atoms with E-state index in [0.717, 1.165) is 37.5 Å². The third-order valence-electron chi connectivity index (χ3n) is 3.86. The predicted molar refractivity (Wildman–Crippen MR) is 103 cm³/mol. The zero-order valence-electron chi connectivity index (χ0n) is 13.8. The van der Waals surface area contributed by atoms with E-state index in [1.54, 1.807) is 24.8 Å². The van der Waals surface area contributed by atoms with E-state index < -0.39 is 0 Å². The van der Waals surface area contributed by atoms with Gasteiger partial charge in [0.15, 0.2) is 5.82 Å². The van der Waals surface area contributed by atoms with Crippen molar-refractivity contribution in [3.05, 3.63) is 45.0 Å². The van der Waals surface area contributed by atoms with Crippen LogP contribution in [0.4, 0.5) is 5.82 Å². The summed E-state index contributed by atoms with van der Waals surface area (Å²) >= 11 is 5.17. The Kier molecular flexibility index (Phi) is 4.82. The average molecular weight is 405 g/mol. The van der Waals surface area contributed by atoms with Crippen LogP contribution in [-0.2, 0) is 0 Å². The third kappa shape index (κ3) is 3.14. The third-order valence-corrected chi connectivity index (χ3v) is 5.60. The summed E-state index contributed by atoms with van der Waals surface area (Å²) in [6.45, 7) is 6.13. The van der Waals surface area contributed by atoms with Gasteiger partial charge in [-0.15, -0.1) is 11.3 Å². The molecule has 0 unspecified atom stereocenters. The maximum atomic E-state index is 5.25. The second-order valence-electron chi connectivity index (χ2n) is 5.34. The number of thiophene rings is 1. The zero-order valence-corrected chi connectivity index (χ0v) is 16.2. The molecule has 1 N–H and O–H groups in total. The summed E-state index contributed by atoms with van der Waals surface area (Å²) < 4.78 is 6.15. The van der Waals surface area contributed by atoms with Crippen LogP contribution < -0.4 is 10.2 Å². The molecule has 0 amide bonds. The number of rotatable bonds is 4. The number of anilines is 1. The Bertz CT molecular complexity index is 936. The van der Waals surface area contributed by atoms with E-state index in [-0.39, 0.29) is 0 Å². The Hall–Kier alpha value is -1.99. The van der Waals surface area contributed by atoms with Crippen LogP contribution in [0.5, 0.6) is 5.75 Å². The molecule has 24 heavy (non-hydrogen) atoms. The Morgan fingerprint density at radius 2 is 2.08 bits per heavy atom. The molecule has 3 aromatic rings. The first-order valence-corrected chi connectivity index (χ1v) is 8.97. The first-order chi connectivity index (χ1) is 11.5. The average Bonchev–Trinajstić information content (AvgIpc) is 2.87. The summed E-state index contributed by atoms with van der Waals surface area (Å²) in [5.74, 6) is 1.52. The number of nitrogens with one attached hydrogen (secondary N) is 1. The summed E-state index contributed by atoms with van der Waals surface area (Å²) in [5, 5.41) is 5.52. The van der Waals surface area contributed by atoms with Crippen molar-refractivity contribution < 1.29 is 4.74 Å². The van der Waals surface area contributed by atoms with E-state index in [9.17, 15) is 0 Å². The van der Waals surface area contributed by atoms with Crippen LogP contribution in [0, 0.1) is 13.8 Å². The van der Waals surface area contributed by atoms with Crippen molar-refractivity contribution >= 4 is 49.0 Å². The van der Waals surface area contributed by atoms with Gasteiger partial charge in [0.2, 0.25) is 0 Å². The lowest BCUT2D eigenvalue weighted by Gasteiger charge is -2.07. The van der Waals surface area contributed by atoms with Crippen LogP contribution >= 0.6 is 27.3 Å².